The molecule has 1 atom stereocenters. The molecular formula is C10H19NO2. The minimum atomic E-state index is -1.22. The molecule has 0 fully saturated rings. The van der Waals surface area contributed by atoms with Crippen molar-refractivity contribution >= 4 is 5.97 Å². The minimum absolute atomic E-state index is 0.911. The van der Waals surface area contributed by atoms with Crippen LogP contribution in [0.25, 0.3) is 0 Å². The van der Waals surface area contributed by atoms with Crippen molar-refractivity contribution in [1.82, 2.24) is 0 Å². The molecule has 0 aromatic rings. The Hall–Kier alpha value is -0.830. The first kappa shape index (κ1) is 12.2. The third-order valence-corrected chi connectivity index (χ3v) is 1.90. The van der Waals surface area contributed by atoms with Crippen LogP contribution in [0.15, 0.2) is 12.2 Å². The molecule has 0 rings (SSSR count). The van der Waals surface area contributed by atoms with Crippen LogP contribution in [-0.4, -0.2) is 16.6 Å². The van der Waals surface area contributed by atoms with Crippen molar-refractivity contribution in [3.05, 3.63) is 12.2 Å². The molecule has 3 heteroatoms. The normalized spacial score (nSPS) is 15.9. The van der Waals surface area contributed by atoms with E-state index in [-0.39, 0.29) is 0 Å². The lowest BCUT2D eigenvalue weighted by Gasteiger charge is -2.12. The number of nitrogens with two attached hydrogens (primary N) is 1. The maximum Gasteiger partial charge on any atom is 0.327 e. The third-order valence-electron chi connectivity index (χ3n) is 1.90. The van der Waals surface area contributed by atoms with E-state index in [0.29, 0.717) is 0 Å². The standard InChI is InChI=1S/C10H19NO2/c1-3-4-5-6-7-8-10(2,11)9(12)13/h7-8H,3-6,11H2,1-2H3,(H,12,13). The van der Waals surface area contributed by atoms with Crippen LogP contribution in [0.4, 0.5) is 0 Å². The highest BCUT2D eigenvalue weighted by molar-refractivity contribution is 5.80. The fourth-order valence-corrected chi connectivity index (χ4v) is 0.912. The Morgan fingerprint density at radius 3 is 2.62 bits per heavy atom. The molecule has 0 amide bonds. The molecule has 0 aromatic carbocycles. The Bertz CT molecular complexity index is 185. The van der Waals surface area contributed by atoms with E-state index in [9.17, 15) is 4.79 Å². The van der Waals surface area contributed by atoms with Gasteiger partial charge in [0.15, 0.2) is 0 Å². The summed E-state index contributed by atoms with van der Waals surface area (Å²) in [5, 5.41) is 8.67. The number of hydrogen-bond donors (Lipinski definition) is 2. The molecule has 0 aliphatic heterocycles. The summed E-state index contributed by atoms with van der Waals surface area (Å²) in [6.07, 6.45) is 7.77. The average Bonchev–Trinajstić information content (AvgIpc) is 2.03. The first-order valence-electron chi connectivity index (χ1n) is 4.70. The van der Waals surface area contributed by atoms with E-state index in [4.69, 9.17) is 10.8 Å². The third kappa shape index (κ3) is 5.42. The van der Waals surface area contributed by atoms with Gasteiger partial charge in [0.05, 0.1) is 0 Å². The van der Waals surface area contributed by atoms with E-state index in [1.165, 1.54) is 19.8 Å². The largest absolute Gasteiger partial charge is 0.480 e. The van der Waals surface area contributed by atoms with Gasteiger partial charge in [-0.15, -0.1) is 0 Å². The molecule has 3 nitrogen and oxygen atoms in total. The zero-order chi connectivity index (χ0) is 10.3. The van der Waals surface area contributed by atoms with Crippen molar-refractivity contribution in [3.63, 3.8) is 0 Å². The molecule has 0 aliphatic rings. The first-order chi connectivity index (χ1) is 6.00. The van der Waals surface area contributed by atoms with E-state index >= 15 is 0 Å². The molecule has 1 unspecified atom stereocenters. The van der Waals surface area contributed by atoms with Gasteiger partial charge in [0.1, 0.15) is 5.54 Å². The van der Waals surface area contributed by atoms with Crippen LogP contribution in [0.3, 0.4) is 0 Å². The van der Waals surface area contributed by atoms with Crippen molar-refractivity contribution in [2.24, 2.45) is 5.73 Å². The number of allylic oxidation sites excluding steroid dienone is 1. The summed E-state index contributed by atoms with van der Waals surface area (Å²) >= 11 is 0. The van der Waals surface area contributed by atoms with E-state index in [0.717, 1.165) is 12.8 Å². The molecule has 0 spiro atoms. The zero-order valence-electron chi connectivity index (χ0n) is 8.42. The van der Waals surface area contributed by atoms with Gasteiger partial charge in [-0.2, -0.15) is 0 Å². The Balaban J connectivity index is 3.76. The van der Waals surface area contributed by atoms with E-state index in [1.54, 1.807) is 6.08 Å². The van der Waals surface area contributed by atoms with Crippen LogP contribution < -0.4 is 5.73 Å². The molecule has 0 bridgehead atoms. The maximum absolute atomic E-state index is 10.6. The zero-order valence-corrected chi connectivity index (χ0v) is 8.42. The second-order valence-electron chi connectivity index (χ2n) is 3.49. The molecule has 0 radical (unpaired) electrons. The molecular weight excluding hydrogens is 166 g/mol. The average molecular weight is 185 g/mol. The minimum Gasteiger partial charge on any atom is -0.480 e. The lowest BCUT2D eigenvalue weighted by atomic mass is 10.0. The number of carboxylic acid groups (broad SMARTS) is 1. The summed E-state index contributed by atoms with van der Waals surface area (Å²) in [4.78, 5) is 10.6. The smallest absolute Gasteiger partial charge is 0.327 e. The van der Waals surface area contributed by atoms with Gasteiger partial charge in [-0.1, -0.05) is 31.9 Å². The summed E-state index contributed by atoms with van der Waals surface area (Å²) in [6, 6.07) is 0. The van der Waals surface area contributed by atoms with Gasteiger partial charge >= 0.3 is 5.97 Å². The topological polar surface area (TPSA) is 63.3 Å². The number of unbranched alkanes of at least 4 members (excludes halogenated alkanes) is 3. The van der Waals surface area contributed by atoms with Gasteiger partial charge in [0, 0.05) is 0 Å². The van der Waals surface area contributed by atoms with Crippen molar-refractivity contribution in [3.8, 4) is 0 Å². The van der Waals surface area contributed by atoms with Crippen LogP contribution in [0.2, 0.25) is 0 Å². The monoisotopic (exact) mass is 185 g/mol. The molecule has 13 heavy (non-hydrogen) atoms. The van der Waals surface area contributed by atoms with Crippen LogP contribution in [0.1, 0.15) is 39.5 Å². The summed E-state index contributed by atoms with van der Waals surface area (Å²) in [5.74, 6) is -0.987. The lowest BCUT2D eigenvalue weighted by molar-refractivity contribution is -0.140. The maximum atomic E-state index is 10.6. The Labute approximate surface area is 79.6 Å². The van der Waals surface area contributed by atoms with Gasteiger partial charge < -0.3 is 10.8 Å². The predicted octanol–water partition coefficient (Wildman–Crippen LogP) is 1.92. The molecule has 76 valence electrons. The van der Waals surface area contributed by atoms with E-state index < -0.39 is 11.5 Å². The van der Waals surface area contributed by atoms with Gasteiger partial charge in [0.25, 0.3) is 0 Å². The second-order valence-corrected chi connectivity index (χ2v) is 3.49. The first-order valence-corrected chi connectivity index (χ1v) is 4.70. The number of carbonyl (C=O) groups is 1. The molecule has 3 N–H and O–H groups in total. The Morgan fingerprint density at radius 2 is 2.15 bits per heavy atom. The fourth-order valence-electron chi connectivity index (χ4n) is 0.912. The highest BCUT2D eigenvalue weighted by Gasteiger charge is 2.23. The van der Waals surface area contributed by atoms with E-state index in [1.807, 2.05) is 6.08 Å². The summed E-state index contributed by atoms with van der Waals surface area (Å²) in [6.45, 7) is 3.62. The number of aliphatic carboxylic acids is 1. The second kappa shape index (κ2) is 5.75. The molecule has 0 saturated heterocycles. The summed E-state index contributed by atoms with van der Waals surface area (Å²) < 4.78 is 0. The SMILES string of the molecule is CCCCCC=CC(C)(N)C(=O)O. The lowest BCUT2D eigenvalue weighted by Crippen LogP contribution is -2.42. The molecule has 0 heterocycles. The number of hydrogen-bond acceptors (Lipinski definition) is 2. The van der Waals surface area contributed by atoms with Crippen LogP contribution >= 0.6 is 0 Å². The number of rotatable bonds is 6. The van der Waals surface area contributed by atoms with Crippen LogP contribution in [0.5, 0.6) is 0 Å². The van der Waals surface area contributed by atoms with Crippen LogP contribution in [-0.2, 0) is 4.79 Å². The van der Waals surface area contributed by atoms with Crippen molar-refractivity contribution in [1.29, 1.82) is 0 Å². The van der Waals surface area contributed by atoms with E-state index in [2.05, 4.69) is 6.92 Å². The highest BCUT2D eigenvalue weighted by Crippen LogP contribution is 2.05. The van der Waals surface area contributed by atoms with Crippen molar-refractivity contribution in [2.45, 2.75) is 45.1 Å². The predicted molar refractivity (Wildman–Crippen MR) is 53.5 cm³/mol. The molecule has 0 aromatic heterocycles. The molecule has 0 saturated carbocycles. The Kier molecular flexibility index (Phi) is 5.39. The highest BCUT2D eigenvalue weighted by atomic mass is 16.4. The van der Waals surface area contributed by atoms with Gasteiger partial charge in [-0.25, -0.2) is 4.79 Å². The van der Waals surface area contributed by atoms with Gasteiger partial charge in [-0.3, -0.25) is 0 Å². The van der Waals surface area contributed by atoms with Gasteiger partial charge in [-0.05, 0) is 19.8 Å². The summed E-state index contributed by atoms with van der Waals surface area (Å²) in [7, 11) is 0. The van der Waals surface area contributed by atoms with Crippen molar-refractivity contribution in [2.75, 3.05) is 0 Å². The summed E-state index contributed by atoms with van der Waals surface area (Å²) in [5.41, 5.74) is 4.27. The fraction of sp³-hybridized carbons (Fsp3) is 0.700. The Morgan fingerprint density at radius 1 is 1.54 bits per heavy atom. The van der Waals surface area contributed by atoms with Gasteiger partial charge in [0.2, 0.25) is 0 Å². The van der Waals surface area contributed by atoms with Crippen molar-refractivity contribution < 1.29 is 9.90 Å². The quantitative estimate of drug-likeness (QED) is 0.491. The molecule has 0 aliphatic carbocycles. The van der Waals surface area contributed by atoms with Crippen LogP contribution in [0, 0.1) is 0 Å². The number of carboxylic acids is 1.